The summed E-state index contributed by atoms with van der Waals surface area (Å²) in [6, 6.07) is 2.38. The largest absolute Gasteiger partial charge is 0.294 e. The summed E-state index contributed by atoms with van der Waals surface area (Å²) < 4.78 is 26.6. The van der Waals surface area contributed by atoms with Crippen LogP contribution in [0.25, 0.3) is 0 Å². The third kappa shape index (κ3) is 2.41. The summed E-state index contributed by atoms with van der Waals surface area (Å²) in [6.45, 7) is 1.48. The number of rotatable bonds is 3. The van der Waals surface area contributed by atoms with Gasteiger partial charge in [0.15, 0.2) is 5.78 Å². The first kappa shape index (κ1) is 11.4. The zero-order valence-electron chi connectivity index (χ0n) is 8.31. The number of carbonyl (C=O) groups excluding carboxylic acids is 1. The van der Waals surface area contributed by atoms with Crippen LogP contribution in [0.5, 0.6) is 0 Å². The second-order valence-corrected chi connectivity index (χ2v) is 3.18. The minimum absolute atomic E-state index is 0.0339. The van der Waals surface area contributed by atoms with Gasteiger partial charge >= 0.3 is 0 Å². The molecule has 0 N–H and O–H groups in total. The van der Waals surface area contributed by atoms with Gasteiger partial charge in [0.25, 0.3) is 0 Å². The Morgan fingerprint density at radius 3 is 2.73 bits per heavy atom. The molecule has 1 rings (SSSR count). The molecule has 0 heterocycles. The summed E-state index contributed by atoms with van der Waals surface area (Å²) >= 11 is 0. The molecule has 0 spiro atoms. The van der Waals surface area contributed by atoms with E-state index in [2.05, 4.69) is 5.92 Å². The molecule has 78 valence electrons. The maximum absolute atomic E-state index is 13.4. The molecule has 1 nitrogen and oxygen atoms in total. The van der Waals surface area contributed by atoms with Gasteiger partial charge in [-0.05, 0) is 18.6 Å². The van der Waals surface area contributed by atoms with E-state index in [9.17, 15) is 13.6 Å². The van der Waals surface area contributed by atoms with Gasteiger partial charge in [-0.25, -0.2) is 8.78 Å². The standard InChI is InChI=1S/C12H10F2O/c1-3-4-5-10(15)11-9(13)7-6-8(2)12(11)14/h1,6-7H,4-5H2,2H3. The van der Waals surface area contributed by atoms with Crippen molar-refractivity contribution in [1.29, 1.82) is 0 Å². The van der Waals surface area contributed by atoms with Crippen LogP contribution in [0.2, 0.25) is 0 Å². The lowest BCUT2D eigenvalue weighted by atomic mass is 10.0. The van der Waals surface area contributed by atoms with Crippen LogP contribution in [-0.4, -0.2) is 5.78 Å². The lowest BCUT2D eigenvalue weighted by Crippen LogP contribution is -2.07. The number of ketones is 1. The van der Waals surface area contributed by atoms with Gasteiger partial charge in [0, 0.05) is 12.8 Å². The van der Waals surface area contributed by atoms with Gasteiger partial charge in [-0.2, -0.15) is 0 Å². The van der Waals surface area contributed by atoms with Gasteiger partial charge in [0.2, 0.25) is 0 Å². The summed E-state index contributed by atoms with van der Waals surface area (Å²) in [7, 11) is 0. The maximum atomic E-state index is 13.4. The molecule has 1 aromatic rings. The fourth-order valence-corrected chi connectivity index (χ4v) is 1.22. The summed E-state index contributed by atoms with van der Waals surface area (Å²) in [5.41, 5.74) is -0.231. The SMILES string of the molecule is C#CCCC(=O)c1c(F)ccc(C)c1F. The molecule has 0 unspecified atom stereocenters. The van der Waals surface area contributed by atoms with E-state index >= 15 is 0 Å². The predicted molar refractivity (Wildman–Crippen MR) is 53.5 cm³/mol. The Labute approximate surface area is 87.1 Å². The lowest BCUT2D eigenvalue weighted by molar-refractivity contribution is 0.0976. The van der Waals surface area contributed by atoms with E-state index in [-0.39, 0.29) is 18.4 Å². The van der Waals surface area contributed by atoms with E-state index in [1.54, 1.807) is 0 Å². The molecular weight excluding hydrogens is 198 g/mol. The first-order chi connectivity index (χ1) is 7.07. The Bertz CT molecular complexity index is 430. The van der Waals surface area contributed by atoms with Crippen LogP contribution in [-0.2, 0) is 0 Å². The van der Waals surface area contributed by atoms with Crippen molar-refractivity contribution in [3.05, 3.63) is 34.9 Å². The van der Waals surface area contributed by atoms with Gasteiger partial charge in [-0.15, -0.1) is 12.3 Å². The fourth-order valence-electron chi connectivity index (χ4n) is 1.22. The average Bonchev–Trinajstić information content (AvgIpc) is 2.21. The summed E-state index contributed by atoms with van der Waals surface area (Å²) in [4.78, 5) is 11.4. The van der Waals surface area contributed by atoms with Crippen LogP contribution in [0.4, 0.5) is 8.78 Å². The molecule has 0 radical (unpaired) electrons. The number of carbonyl (C=O) groups is 1. The zero-order chi connectivity index (χ0) is 11.4. The van der Waals surface area contributed by atoms with Crippen LogP contribution >= 0.6 is 0 Å². The molecule has 0 saturated carbocycles. The Morgan fingerprint density at radius 1 is 1.47 bits per heavy atom. The molecule has 0 bridgehead atoms. The second-order valence-electron chi connectivity index (χ2n) is 3.18. The second kappa shape index (κ2) is 4.70. The van der Waals surface area contributed by atoms with Crippen molar-refractivity contribution in [2.24, 2.45) is 0 Å². The number of Topliss-reactive ketones (excluding diaryl/α,β-unsaturated/α-hetero) is 1. The minimum Gasteiger partial charge on any atom is -0.294 e. The number of halogens is 2. The van der Waals surface area contributed by atoms with Gasteiger partial charge in [0.1, 0.15) is 11.6 Å². The van der Waals surface area contributed by atoms with E-state index in [0.29, 0.717) is 0 Å². The van der Waals surface area contributed by atoms with E-state index in [0.717, 1.165) is 6.07 Å². The third-order valence-electron chi connectivity index (χ3n) is 2.06. The Kier molecular flexibility index (Phi) is 3.56. The van der Waals surface area contributed by atoms with Crippen molar-refractivity contribution in [2.75, 3.05) is 0 Å². The highest BCUT2D eigenvalue weighted by Gasteiger charge is 2.17. The van der Waals surface area contributed by atoms with Crippen LogP contribution < -0.4 is 0 Å². The quantitative estimate of drug-likeness (QED) is 0.551. The number of hydrogen-bond donors (Lipinski definition) is 0. The van der Waals surface area contributed by atoms with Crippen LogP contribution in [0.3, 0.4) is 0 Å². The van der Waals surface area contributed by atoms with Crippen LogP contribution in [0.1, 0.15) is 28.8 Å². The molecule has 15 heavy (non-hydrogen) atoms. The molecule has 0 fully saturated rings. The van der Waals surface area contributed by atoms with E-state index in [4.69, 9.17) is 6.42 Å². The van der Waals surface area contributed by atoms with Crippen molar-refractivity contribution in [1.82, 2.24) is 0 Å². The van der Waals surface area contributed by atoms with Crippen molar-refractivity contribution in [3.63, 3.8) is 0 Å². The summed E-state index contributed by atoms with van der Waals surface area (Å²) in [5.74, 6) is 0.0375. The van der Waals surface area contributed by atoms with Gasteiger partial charge < -0.3 is 0 Å². The molecular formula is C12H10F2O. The highest BCUT2D eigenvalue weighted by atomic mass is 19.1. The van der Waals surface area contributed by atoms with E-state index < -0.39 is 23.0 Å². The Hall–Kier alpha value is -1.69. The Balaban J connectivity index is 3.08. The van der Waals surface area contributed by atoms with Crippen molar-refractivity contribution >= 4 is 5.78 Å². The zero-order valence-corrected chi connectivity index (χ0v) is 8.31. The monoisotopic (exact) mass is 208 g/mol. The highest BCUT2D eigenvalue weighted by molar-refractivity contribution is 5.96. The summed E-state index contributed by atoms with van der Waals surface area (Å²) in [6.07, 6.45) is 5.12. The fraction of sp³-hybridized carbons (Fsp3) is 0.250. The average molecular weight is 208 g/mol. The molecule has 0 aliphatic heterocycles. The summed E-state index contributed by atoms with van der Waals surface area (Å²) in [5, 5.41) is 0. The van der Waals surface area contributed by atoms with Crippen LogP contribution in [0, 0.1) is 30.9 Å². The van der Waals surface area contributed by atoms with Gasteiger partial charge in [0.05, 0.1) is 5.56 Å². The third-order valence-corrected chi connectivity index (χ3v) is 2.06. The predicted octanol–water partition coefficient (Wildman–Crippen LogP) is 2.87. The maximum Gasteiger partial charge on any atom is 0.169 e. The van der Waals surface area contributed by atoms with Gasteiger partial charge in [-0.1, -0.05) is 6.07 Å². The number of terminal acetylenes is 1. The normalized spacial score (nSPS) is 9.73. The topological polar surface area (TPSA) is 17.1 Å². The highest BCUT2D eigenvalue weighted by Crippen LogP contribution is 2.18. The lowest BCUT2D eigenvalue weighted by Gasteiger charge is -2.04. The molecule has 0 aliphatic carbocycles. The van der Waals surface area contributed by atoms with Crippen molar-refractivity contribution < 1.29 is 13.6 Å². The molecule has 0 saturated heterocycles. The van der Waals surface area contributed by atoms with E-state index in [1.807, 2.05) is 0 Å². The molecule has 3 heteroatoms. The molecule has 0 aromatic heterocycles. The molecule has 0 aliphatic rings. The number of hydrogen-bond acceptors (Lipinski definition) is 1. The van der Waals surface area contributed by atoms with Crippen molar-refractivity contribution in [3.8, 4) is 12.3 Å². The smallest absolute Gasteiger partial charge is 0.169 e. The number of aryl methyl sites for hydroxylation is 1. The minimum atomic E-state index is -0.833. The van der Waals surface area contributed by atoms with Crippen molar-refractivity contribution in [2.45, 2.75) is 19.8 Å². The number of benzene rings is 1. The van der Waals surface area contributed by atoms with Gasteiger partial charge in [-0.3, -0.25) is 4.79 Å². The Morgan fingerprint density at radius 2 is 2.13 bits per heavy atom. The van der Waals surface area contributed by atoms with Crippen LogP contribution in [0.15, 0.2) is 12.1 Å². The van der Waals surface area contributed by atoms with E-state index in [1.165, 1.54) is 13.0 Å². The first-order valence-corrected chi connectivity index (χ1v) is 4.49. The first-order valence-electron chi connectivity index (χ1n) is 4.49. The molecule has 1 aromatic carbocycles. The molecule has 0 amide bonds. The molecule has 0 atom stereocenters.